The summed E-state index contributed by atoms with van der Waals surface area (Å²) in [5.41, 5.74) is 3.13. The molecular formula is C16H19Br2N3. The van der Waals surface area contributed by atoms with Crippen LogP contribution >= 0.6 is 31.9 Å². The third kappa shape index (κ3) is 3.46. The Morgan fingerprint density at radius 3 is 2.29 bits per heavy atom. The highest BCUT2D eigenvalue weighted by Crippen LogP contribution is 2.35. The van der Waals surface area contributed by atoms with E-state index in [9.17, 15) is 0 Å². The summed E-state index contributed by atoms with van der Waals surface area (Å²) in [6, 6.07) is 6.15. The van der Waals surface area contributed by atoms with Gasteiger partial charge >= 0.3 is 0 Å². The molecule has 1 heterocycles. The predicted octanol–water partition coefficient (Wildman–Crippen LogP) is 5.32. The van der Waals surface area contributed by atoms with Crippen LogP contribution in [-0.4, -0.2) is 17.0 Å². The van der Waals surface area contributed by atoms with Crippen molar-refractivity contribution in [1.82, 2.24) is 9.97 Å². The molecule has 0 saturated carbocycles. The van der Waals surface area contributed by atoms with E-state index in [-0.39, 0.29) is 5.41 Å². The molecule has 0 bridgehead atoms. The molecule has 0 aliphatic heterocycles. The summed E-state index contributed by atoms with van der Waals surface area (Å²) in [5.74, 6) is 1.56. The van der Waals surface area contributed by atoms with Gasteiger partial charge in [-0.15, -0.1) is 0 Å². The maximum Gasteiger partial charge on any atom is 0.162 e. The highest BCUT2D eigenvalue weighted by Gasteiger charge is 2.23. The molecule has 1 N–H and O–H groups in total. The summed E-state index contributed by atoms with van der Waals surface area (Å²) in [6.45, 7) is 8.52. The molecule has 0 fully saturated rings. The van der Waals surface area contributed by atoms with Gasteiger partial charge in [0.1, 0.15) is 5.82 Å². The third-order valence-corrected chi connectivity index (χ3v) is 4.47. The van der Waals surface area contributed by atoms with Crippen molar-refractivity contribution in [2.45, 2.75) is 33.1 Å². The Labute approximate surface area is 142 Å². The maximum absolute atomic E-state index is 4.80. The summed E-state index contributed by atoms with van der Waals surface area (Å²) >= 11 is 7.11. The van der Waals surface area contributed by atoms with Crippen LogP contribution in [0.4, 0.5) is 5.82 Å². The van der Waals surface area contributed by atoms with Gasteiger partial charge in [0.2, 0.25) is 0 Å². The zero-order chi connectivity index (χ0) is 15.8. The van der Waals surface area contributed by atoms with Gasteiger partial charge in [0, 0.05) is 22.5 Å². The minimum absolute atomic E-state index is 0.0641. The molecule has 0 aliphatic rings. The lowest BCUT2D eigenvalue weighted by Gasteiger charge is -2.22. The first-order chi connectivity index (χ1) is 9.74. The van der Waals surface area contributed by atoms with Gasteiger partial charge < -0.3 is 5.32 Å². The Bertz CT molecular complexity index is 676. The lowest BCUT2D eigenvalue weighted by Crippen LogP contribution is -2.17. The van der Waals surface area contributed by atoms with Crippen LogP contribution in [0, 0.1) is 6.92 Å². The zero-order valence-electron chi connectivity index (χ0n) is 12.9. The van der Waals surface area contributed by atoms with Crippen molar-refractivity contribution in [3.05, 3.63) is 38.4 Å². The molecule has 0 saturated heterocycles. The van der Waals surface area contributed by atoms with Crippen molar-refractivity contribution in [3.8, 4) is 11.4 Å². The van der Waals surface area contributed by atoms with Gasteiger partial charge in [-0.05, 0) is 46.6 Å². The van der Waals surface area contributed by atoms with E-state index in [2.05, 4.69) is 82.0 Å². The lowest BCUT2D eigenvalue weighted by atomic mass is 9.91. The molecule has 2 aromatic rings. The number of hydrogen-bond donors (Lipinski definition) is 1. The smallest absolute Gasteiger partial charge is 0.162 e. The number of aryl methyl sites for hydroxylation is 1. The van der Waals surface area contributed by atoms with E-state index in [4.69, 9.17) is 4.98 Å². The molecule has 21 heavy (non-hydrogen) atoms. The molecule has 3 nitrogen and oxygen atoms in total. The van der Waals surface area contributed by atoms with Gasteiger partial charge in [0.25, 0.3) is 0 Å². The molecule has 0 spiro atoms. The Hall–Kier alpha value is -0.940. The summed E-state index contributed by atoms with van der Waals surface area (Å²) in [7, 11) is 1.87. The fourth-order valence-corrected chi connectivity index (χ4v) is 3.55. The topological polar surface area (TPSA) is 37.8 Å². The molecule has 2 rings (SSSR count). The molecular weight excluding hydrogens is 394 g/mol. The second-order valence-electron chi connectivity index (χ2n) is 6.02. The van der Waals surface area contributed by atoms with E-state index < -0.39 is 0 Å². The number of nitrogens with one attached hydrogen (secondary N) is 1. The zero-order valence-corrected chi connectivity index (χ0v) is 16.1. The average molecular weight is 413 g/mol. The van der Waals surface area contributed by atoms with Crippen molar-refractivity contribution in [2.24, 2.45) is 0 Å². The van der Waals surface area contributed by atoms with Crippen LogP contribution in [0.1, 0.15) is 32.0 Å². The largest absolute Gasteiger partial charge is 0.372 e. The summed E-state index contributed by atoms with van der Waals surface area (Å²) in [5, 5.41) is 3.14. The van der Waals surface area contributed by atoms with E-state index in [0.29, 0.717) is 0 Å². The van der Waals surface area contributed by atoms with Crippen LogP contribution in [0.2, 0.25) is 0 Å². The number of hydrogen-bond acceptors (Lipinski definition) is 3. The van der Waals surface area contributed by atoms with E-state index >= 15 is 0 Å². The number of benzene rings is 1. The van der Waals surface area contributed by atoms with E-state index in [0.717, 1.165) is 37.4 Å². The molecule has 0 amide bonds. The first-order valence-electron chi connectivity index (χ1n) is 6.76. The molecule has 0 radical (unpaired) electrons. The highest BCUT2D eigenvalue weighted by atomic mass is 79.9. The second kappa shape index (κ2) is 6.05. The normalized spacial score (nSPS) is 11.6. The molecule has 1 aromatic carbocycles. The minimum atomic E-state index is -0.0641. The van der Waals surface area contributed by atoms with Gasteiger partial charge in [0.15, 0.2) is 5.82 Å². The quantitative estimate of drug-likeness (QED) is 0.725. The fourth-order valence-electron chi connectivity index (χ4n) is 2.11. The van der Waals surface area contributed by atoms with Crippen LogP contribution in [-0.2, 0) is 5.41 Å². The van der Waals surface area contributed by atoms with Crippen molar-refractivity contribution < 1.29 is 0 Å². The standard InChI is InChI=1S/C16H19Br2N3/c1-9-8-10(17)6-7-11(9)14-20-13(16(2,3)4)12(18)15(19-5)21-14/h6-8H,1-5H3,(H,19,20,21). The van der Waals surface area contributed by atoms with Gasteiger partial charge in [-0.3, -0.25) is 0 Å². The minimum Gasteiger partial charge on any atom is -0.372 e. The maximum atomic E-state index is 4.80. The predicted molar refractivity (Wildman–Crippen MR) is 95.9 cm³/mol. The third-order valence-electron chi connectivity index (χ3n) is 3.23. The summed E-state index contributed by atoms with van der Waals surface area (Å²) < 4.78 is 1.99. The average Bonchev–Trinajstić information content (AvgIpc) is 2.38. The summed E-state index contributed by atoms with van der Waals surface area (Å²) in [4.78, 5) is 9.44. The molecule has 5 heteroatoms. The summed E-state index contributed by atoms with van der Waals surface area (Å²) in [6.07, 6.45) is 0. The van der Waals surface area contributed by atoms with Crippen molar-refractivity contribution in [2.75, 3.05) is 12.4 Å². The molecule has 0 atom stereocenters. The number of halogens is 2. The Morgan fingerprint density at radius 1 is 1.10 bits per heavy atom. The van der Waals surface area contributed by atoms with Crippen LogP contribution < -0.4 is 5.32 Å². The van der Waals surface area contributed by atoms with Crippen LogP contribution in [0.25, 0.3) is 11.4 Å². The SMILES string of the molecule is CNc1nc(-c2ccc(Br)cc2C)nc(C(C)(C)C)c1Br. The van der Waals surface area contributed by atoms with Crippen molar-refractivity contribution in [1.29, 1.82) is 0 Å². The van der Waals surface area contributed by atoms with Crippen LogP contribution in [0.5, 0.6) is 0 Å². The monoisotopic (exact) mass is 411 g/mol. The van der Waals surface area contributed by atoms with Gasteiger partial charge in [-0.25, -0.2) is 9.97 Å². The van der Waals surface area contributed by atoms with E-state index in [1.807, 2.05) is 13.1 Å². The highest BCUT2D eigenvalue weighted by molar-refractivity contribution is 9.11. The molecule has 112 valence electrons. The van der Waals surface area contributed by atoms with E-state index in [1.54, 1.807) is 0 Å². The Balaban J connectivity index is 2.70. The van der Waals surface area contributed by atoms with Gasteiger partial charge in [-0.2, -0.15) is 0 Å². The second-order valence-corrected chi connectivity index (χ2v) is 7.73. The van der Waals surface area contributed by atoms with Crippen LogP contribution in [0.3, 0.4) is 0 Å². The van der Waals surface area contributed by atoms with Crippen LogP contribution in [0.15, 0.2) is 27.1 Å². The number of anilines is 1. The fraction of sp³-hybridized carbons (Fsp3) is 0.375. The number of rotatable bonds is 2. The Morgan fingerprint density at radius 2 is 1.76 bits per heavy atom. The number of aromatic nitrogens is 2. The Kier molecular flexibility index (Phi) is 4.73. The van der Waals surface area contributed by atoms with Crippen molar-refractivity contribution >= 4 is 37.7 Å². The molecule has 0 aliphatic carbocycles. The van der Waals surface area contributed by atoms with Crippen molar-refractivity contribution in [3.63, 3.8) is 0 Å². The van der Waals surface area contributed by atoms with Gasteiger partial charge in [-0.1, -0.05) is 36.7 Å². The lowest BCUT2D eigenvalue weighted by molar-refractivity contribution is 0.564. The number of nitrogens with zero attached hydrogens (tertiary/aromatic N) is 2. The first kappa shape index (κ1) is 16.4. The van der Waals surface area contributed by atoms with Gasteiger partial charge in [0.05, 0.1) is 10.2 Å². The first-order valence-corrected chi connectivity index (χ1v) is 8.35. The molecule has 1 aromatic heterocycles. The molecule has 0 unspecified atom stereocenters. The van der Waals surface area contributed by atoms with E-state index in [1.165, 1.54) is 0 Å².